The van der Waals surface area contributed by atoms with E-state index in [2.05, 4.69) is 0 Å². The van der Waals surface area contributed by atoms with Crippen molar-refractivity contribution >= 4 is 31.8 Å². The van der Waals surface area contributed by atoms with Gasteiger partial charge in [-0.25, -0.2) is 4.21 Å². The second-order valence-corrected chi connectivity index (χ2v) is 6.24. The Balaban J connectivity index is 2.26. The van der Waals surface area contributed by atoms with Crippen molar-refractivity contribution < 1.29 is 18.9 Å². The summed E-state index contributed by atoms with van der Waals surface area (Å²) in [5.41, 5.74) is 0. The number of amides is 1. The Bertz CT molecular complexity index is 276. The molecule has 1 atom stereocenters. The zero-order valence-corrected chi connectivity index (χ0v) is 9.81. The Morgan fingerprint density at radius 3 is 2.47 bits per heavy atom. The monoisotopic (exact) mass is 251 g/mol. The zero-order valence-electron chi connectivity index (χ0n) is 8.18. The van der Waals surface area contributed by atoms with Gasteiger partial charge in [0.25, 0.3) is 0 Å². The fraction of sp³-hybridized carbons (Fsp3) is 0.750. The molecule has 0 saturated carbocycles. The van der Waals surface area contributed by atoms with Crippen molar-refractivity contribution in [2.24, 2.45) is 0 Å². The quantitative estimate of drug-likeness (QED) is 0.757. The van der Waals surface area contributed by atoms with Gasteiger partial charge in [0.15, 0.2) is 9.83 Å². The van der Waals surface area contributed by atoms with E-state index >= 15 is 0 Å². The lowest BCUT2D eigenvalue weighted by Crippen LogP contribution is -2.28. The van der Waals surface area contributed by atoms with E-state index in [0.29, 0.717) is 13.1 Å². The van der Waals surface area contributed by atoms with Crippen LogP contribution >= 0.6 is 10.8 Å². The van der Waals surface area contributed by atoms with Crippen LogP contribution in [0.25, 0.3) is 0 Å². The minimum Gasteiger partial charge on any atom is -0.481 e. The van der Waals surface area contributed by atoms with Crippen LogP contribution in [0.15, 0.2) is 0 Å². The molecule has 0 aromatic carbocycles. The third-order valence-electron chi connectivity index (χ3n) is 2.01. The van der Waals surface area contributed by atoms with E-state index in [1.54, 1.807) is 4.90 Å². The summed E-state index contributed by atoms with van der Waals surface area (Å²) in [5.74, 6) is -0.727. The number of aliphatic carboxylic acids is 1. The van der Waals surface area contributed by atoms with Gasteiger partial charge in [0, 0.05) is 18.8 Å². The molecule has 0 aromatic heterocycles. The molecule has 1 N–H and O–H groups in total. The minimum atomic E-state index is -1.63. The molecule has 0 aliphatic carbocycles. The summed E-state index contributed by atoms with van der Waals surface area (Å²) in [4.78, 5) is 23.3. The lowest BCUT2D eigenvalue weighted by molar-refractivity contribution is -0.136. The van der Waals surface area contributed by atoms with E-state index in [1.807, 2.05) is 0 Å². The first-order chi connectivity index (χ1) is 7.11. The number of hydrogen-bond donors (Lipinski definition) is 1. The third-order valence-corrected chi connectivity index (χ3v) is 4.71. The van der Waals surface area contributed by atoms with Crippen molar-refractivity contribution in [1.82, 2.24) is 4.90 Å². The van der Waals surface area contributed by atoms with Crippen LogP contribution in [0.1, 0.15) is 19.3 Å². The van der Waals surface area contributed by atoms with Crippen LogP contribution in [0, 0.1) is 0 Å². The Hall–Kier alpha value is -0.560. The van der Waals surface area contributed by atoms with E-state index in [0.717, 1.165) is 23.6 Å². The highest BCUT2D eigenvalue weighted by molar-refractivity contribution is 8.74. The third kappa shape index (κ3) is 4.21. The molecule has 0 radical (unpaired) electrons. The van der Waals surface area contributed by atoms with Gasteiger partial charge in [0.2, 0.25) is 0 Å². The molecular formula is C8H13NO4S2. The summed E-state index contributed by atoms with van der Waals surface area (Å²) in [6.45, 7) is 1.34. The standard InChI is InChI=1S/C8H13NO4S2/c10-7(11)3-6-14-15(13)8(12)9-4-1-2-5-9/h1-6H2,(H,10,11). The Kier molecular flexibility index (Phi) is 5.10. The topological polar surface area (TPSA) is 74.7 Å². The number of carbonyl (C=O) groups excluding carboxylic acids is 1. The average Bonchev–Trinajstić information content (AvgIpc) is 2.68. The fourth-order valence-electron chi connectivity index (χ4n) is 1.26. The van der Waals surface area contributed by atoms with E-state index < -0.39 is 15.8 Å². The number of carbonyl (C=O) groups is 2. The van der Waals surface area contributed by atoms with Crippen LogP contribution < -0.4 is 0 Å². The molecule has 1 heterocycles. The molecule has 5 nitrogen and oxygen atoms in total. The highest BCUT2D eigenvalue weighted by atomic mass is 33.1. The van der Waals surface area contributed by atoms with E-state index in [1.165, 1.54) is 0 Å². The SMILES string of the molecule is O=C(O)CCSS(=O)C(=O)N1CCCC1. The molecule has 0 spiro atoms. The van der Waals surface area contributed by atoms with Crippen molar-refractivity contribution in [1.29, 1.82) is 0 Å². The van der Waals surface area contributed by atoms with Gasteiger partial charge in [-0.2, -0.15) is 0 Å². The second-order valence-electron chi connectivity index (χ2n) is 3.16. The largest absolute Gasteiger partial charge is 0.481 e. The Labute approximate surface area is 94.1 Å². The van der Waals surface area contributed by atoms with Crippen molar-refractivity contribution in [3.05, 3.63) is 0 Å². The zero-order chi connectivity index (χ0) is 11.3. The van der Waals surface area contributed by atoms with Gasteiger partial charge in [0.05, 0.1) is 6.42 Å². The minimum absolute atomic E-state index is 0.0658. The number of carboxylic acids is 1. The second kappa shape index (κ2) is 6.12. The van der Waals surface area contributed by atoms with Crippen LogP contribution in [0.5, 0.6) is 0 Å². The molecule has 1 aliphatic heterocycles. The van der Waals surface area contributed by atoms with Gasteiger partial charge in [-0.1, -0.05) is 10.8 Å². The lowest BCUT2D eigenvalue weighted by atomic mass is 10.4. The van der Waals surface area contributed by atoms with Gasteiger partial charge < -0.3 is 10.0 Å². The molecule has 15 heavy (non-hydrogen) atoms. The van der Waals surface area contributed by atoms with Crippen molar-refractivity contribution in [3.8, 4) is 0 Å². The van der Waals surface area contributed by atoms with Gasteiger partial charge >= 0.3 is 11.2 Å². The number of rotatable bonds is 4. The van der Waals surface area contributed by atoms with Crippen molar-refractivity contribution in [2.75, 3.05) is 18.8 Å². The molecule has 7 heteroatoms. The molecule has 1 fully saturated rings. The van der Waals surface area contributed by atoms with Gasteiger partial charge in [-0.05, 0) is 12.8 Å². The van der Waals surface area contributed by atoms with Crippen molar-refractivity contribution in [3.63, 3.8) is 0 Å². The molecule has 1 saturated heterocycles. The molecule has 1 rings (SSSR count). The van der Waals surface area contributed by atoms with Crippen LogP contribution in [0.3, 0.4) is 0 Å². The fourth-order valence-corrected chi connectivity index (χ4v) is 3.49. The van der Waals surface area contributed by atoms with E-state index in [4.69, 9.17) is 5.11 Å². The Morgan fingerprint density at radius 2 is 1.93 bits per heavy atom. The van der Waals surface area contributed by atoms with Crippen LogP contribution in [-0.2, 0) is 14.6 Å². The summed E-state index contributed by atoms with van der Waals surface area (Å²) in [5, 5.41) is 8.00. The molecule has 0 bridgehead atoms. The number of nitrogens with zero attached hydrogens (tertiary/aromatic N) is 1. The summed E-state index contributed by atoms with van der Waals surface area (Å²) in [6, 6.07) is 0. The molecule has 1 amide bonds. The number of hydrogen-bond acceptors (Lipinski definition) is 4. The lowest BCUT2D eigenvalue weighted by Gasteiger charge is -2.13. The van der Waals surface area contributed by atoms with E-state index in [9.17, 15) is 13.8 Å². The van der Waals surface area contributed by atoms with Gasteiger partial charge in [-0.15, -0.1) is 0 Å². The average molecular weight is 251 g/mol. The maximum atomic E-state index is 11.5. The summed E-state index contributed by atoms with van der Waals surface area (Å²) in [7, 11) is -0.731. The van der Waals surface area contributed by atoms with Crippen molar-refractivity contribution in [2.45, 2.75) is 19.3 Å². The van der Waals surface area contributed by atoms with Crippen LogP contribution in [0.4, 0.5) is 4.79 Å². The van der Waals surface area contributed by atoms with E-state index in [-0.39, 0.29) is 17.4 Å². The maximum absolute atomic E-state index is 11.5. The molecule has 86 valence electrons. The predicted octanol–water partition coefficient (Wildman–Crippen LogP) is 1.07. The Morgan fingerprint density at radius 1 is 1.33 bits per heavy atom. The highest BCUT2D eigenvalue weighted by Gasteiger charge is 2.23. The molecular weight excluding hydrogens is 238 g/mol. The van der Waals surface area contributed by atoms with Gasteiger partial charge in [-0.3, -0.25) is 9.59 Å². The first kappa shape index (κ1) is 12.5. The predicted molar refractivity (Wildman–Crippen MR) is 59.1 cm³/mol. The number of likely N-dealkylation sites (tertiary alicyclic amines) is 1. The first-order valence-electron chi connectivity index (χ1n) is 4.67. The number of carboxylic acid groups (broad SMARTS) is 1. The molecule has 1 unspecified atom stereocenters. The highest BCUT2D eigenvalue weighted by Crippen LogP contribution is 2.17. The summed E-state index contributed by atoms with van der Waals surface area (Å²) < 4.78 is 11.4. The van der Waals surface area contributed by atoms with Crippen LogP contribution in [0.2, 0.25) is 0 Å². The normalized spacial score (nSPS) is 17.7. The smallest absolute Gasteiger partial charge is 0.322 e. The first-order valence-corrected chi connectivity index (χ1v) is 7.32. The maximum Gasteiger partial charge on any atom is 0.322 e. The molecule has 1 aliphatic rings. The summed E-state index contributed by atoms with van der Waals surface area (Å²) >= 11 is 0. The van der Waals surface area contributed by atoms with Gasteiger partial charge in [0.1, 0.15) is 0 Å². The molecule has 0 aromatic rings. The summed E-state index contributed by atoms with van der Waals surface area (Å²) in [6.07, 6.45) is 1.86. The van der Waals surface area contributed by atoms with Crippen LogP contribution in [-0.4, -0.2) is 44.3 Å².